The van der Waals surface area contributed by atoms with Crippen molar-refractivity contribution < 1.29 is 9.59 Å². The highest BCUT2D eigenvalue weighted by molar-refractivity contribution is 5.94. The van der Waals surface area contributed by atoms with Gasteiger partial charge in [0.1, 0.15) is 0 Å². The molecular formula is C19H25N3O2. The van der Waals surface area contributed by atoms with Gasteiger partial charge in [-0.25, -0.2) is 0 Å². The van der Waals surface area contributed by atoms with Gasteiger partial charge in [0.2, 0.25) is 5.91 Å². The van der Waals surface area contributed by atoms with Crippen LogP contribution in [0.25, 0.3) is 0 Å². The second kappa shape index (κ2) is 6.54. The topological polar surface area (TPSA) is 53.5 Å². The van der Waals surface area contributed by atoms with E-state index in [4.69, 9.17) is 0 Å². The number of carbonyl (C=O) groups is 2. The molecule has 5 heteroatoms. The number of hydrogen-bond donors (Lipinski definition) is 0. The molecule has 0 aromatic carbocycles. The summed E-state index contributed by atoms with van der Waals surface area (Å²) in [5, 5.41) is 0. The Kier molecular flexibility index (Phi) is 4.25. The van der Waals surface area contributed by atoms with Crippen molar-refractivity contribution in [2.24, 2.45) is 11.8 Å². The maximum atomic E-state index is 12.9. The molecule has 24 heavy (non-hydrogen) atoms. The van der Waals surface area contributed by atoms with Crippen molar-refractivity contribution in [2.45, 2.75) is 44.6 Å². The predicted molar refractivity (Wildman–Crippen MR) is 90.3 cm³/mol. The smallest absolute Gasteiger partial charge is 0.254 e. The highest BCUT2D eigenvalue weighted by Crippen LogP contribution is 2.33. The van der Waals surface area contributed by atoms with Crippen LogP contribution in [0.15, 0.2) is 24.5 Å². The molecule has 5 nitrogen and oxygen atoms in total. The highest BCUT2D eigenvalue weighted by Gasteiger charge is 2.40. The van der Waals surface area contributed by atoms with Crippen LogP contribution in [-0.2, 0) is 4.79 Å². The molecule has 0 radical (unpaired) electrons. The SMILES string of the molecule is O=C(c1ccncc1)N1C[C@@H]2CC[C@H](C1)N(C(=O)C1CCCC1)C2. The van der Waals surface area contributed by atoms with Gasteiger partial charge in [-0.2, -0.15) is 0 Å². The fraction of sp³-hybridized carbons (Fsp3) is 0.632. The van der Waals surface area contributed by atoms with Crippen LogP contribution in [0.3, 0.4) is 0 Å². The largest absolute Gasteiger partial charge is 0.337 e. The van der Waals surface area contributed by atoms with E-state index in [1.165, 1.54) is 12.8 Å². The van der Waals surface area contributed by atoms with Crippen molar-refractivity contribution in [1.82, 2.24) is 14.8 Å². The molecule has 0 unspecified atom stereocenters. The van der Waals surface area contributed by atoms with E-state index in [0.29, 0.717) is 23.9 Å². The van der Waals surface area contributed by atoms with Crippen LogP contribution in [0.2, 0.25) is 0 Å². The summed E-state index contributed by atoms with van der Waals surface area (Å²) >= 11 is 0. The van der Waals surface area contributed by atoms with E-state index in [9.17, 15) is 9.59 Å². The van der Waals surface area contributed by atoms with Gasteiger partial charge in [-0.1, -0.05) is 12.8 Å². The van der Waals surface area contributed by atoms with Gasteiger partial charge < -0.3 is 9.80 Å². The van der Waals surface area contributed by atoms with Crippen molar-refractivity contribution in [3.63, 3.8) is 0 Å². The summed E-state index contributed by atoms with van der Waals surface area (Å²) < 4.78 is 0. The van der Waals surface area contributed by atoms with Crippen LogP contribution in [0.1, 0.15) is 48.9 Å². The van der Waals surface area contributed by atoms with Gasteiger partial charge in [0.15, 0.2) is 0 Å². The van der Waals surface area contributed by atoms with Crippen LogP contribution in [0.5, 0.6) is 0 Å². The Balaban J connectivity index is 1.50. The third-order valence-corrected chi connectivity index (χ3v) is 5.92. The average molecular weight is 327 g/mol. The Morgan fingerprint density at radius 2 is 1.71 bits per heavy atom. The Morgan fingerprint density at radius 1 is 0.958 bits per heavy atom. The van der Waals surface area contributed by atoms with Gasteiger partial charge in [-0.05, 0) is 43.7 Å². The molecular weight excluding hydrogens is 302 g/mol. The van der Waals surface area contributed by atoms with E-state index in [-0.39, 0.29) is 17.9 Å². The number of carbonyl (C=O) groups excluding carboxylic acids is 2. The third-order valence-electron chi connectivity index (χ3n) is 5.92. The quantitative estimate of drug-likeness (QED) is 0.838. The summed E-state index contributed by atoms with van der Waals surface area (Å²) in [6.45, 7) is 2.28. The second-order valence-electron chi connectivity index (χ2n) is 7.52. The van der Waals surface area contributed by atoms with Crippen molar-refractivity contribution in [1.29, 1.82) is 0 Å². The molecule has 3 aliphatic heterocycles. The van der Waals surface area contributed by atoms with Crippen molar-refractivity contribution in [2.75, 3.05) is 19.6 Å². The van der Waals surface area contributed by atoms with Gasteiger partial charge >= 0.3 is 0 Å². The van der Waals surface area contributed by atoms with Crippen LogP contribution in [0.4, 0.5) is 0 Å². The number of pyridine rings is 1. The third kappa shape index (κ3) is 2.92. The molecule has 0 N–H and O–H groups in total. The van der Waals surface area contributed by atoms with Crippen molar-refractivity contribution in [3.8, 4) is 0 Å². The van der Waals surface area contributed by atoms with Gasteiger partial charge in [-0.15, -0.1) is 0 Å². The first-order chi connectivity index (χ1) is 11.7. The van der Waals surface area contributed by atoms with Gasteiger partial charge in [-0.3, -0.25) is 14.6 Å². The monoisotopic (exact) mass is 327 g/mol. The number of aromatic nitrogens is 1. The molecule has 1 aliphatic carbocycles. The van der Waals surface area contributed by atoms with Crippen LogP contribution in [0, 0.1) is 11.8 Å². The fourth-order valence-electron chi connectivity index (χ4n) is 4.60. The van der Waals surface area contributed by atoms with E-state index < -0.39 is 0 Å². The molecule has 4 heterocycles. The maximum Gasteiger partial charge on any atom is 0.254 e. The van der Waals surface area contributed by atoms with Crippen LogP contribution in [-0.4, -0.2) is 52.3 Å². The zero-order valence-corrected chi connectivity index (χ0v) is 14.1. The number of fused-ring (bicyclic) bond motifs is 4. The Labute approximate surface area is 143 Å². The number of hydrogen-bond acceptors (Lipinski definition) is 3. The first-order valence-corrected chi connectivity index (χ1v) is 9.22. The molecule has 1 saturated carbocycles. The highest BCUT2D eigenvalue weighted by atomic mass is 16.2. The Morgan fingerprint density at radius 3 is 2.46 bits per heavy atom. The molecule has 2 bridgehead atoms. The summed E-state index contributed by atoms with van der Waals surface area (Å²) in [6, 6.07) is 3.75. The van der Waals surface area contributed by atoms with E-state index in [2.05, 4.69) is 9.88 Å². The molecule has 4 fully saturated rings. The number of amides is 2. The molecule has 1 aromatic heterocycles. The Bertz CT molecular complexity index is 612. The summed E-state index contributed by atoms with van der Waals surface area (Å²) in [4.78, 5) is 33.8. The molecule has 3 saturated heterocycles. The standard InChI is InChI=1S/C19H25N3O2/c23-18(16-7-9-20-10-8-16)21-11-14-5-6-17(13-21)22(12-14)19(24)15-3-1-2-4-15/h7-10,14-15,17H,1-6,11-13H2/t14-,17+/m0/s1. The fourth-order valence-corrected chi connectivity index (χ4v) is 4.60. The van der Waals surface area contributed by atoms with Gasteiger partial charge in [0.05, 0.1) is 0 Å². The molecule has 2 amide bonds. The Hall–Kier alpha value is -1.91. The predicted octanol–water partition coefficient (Wildman–Crippen LogP) is 2.33. The number of nitrogens with zero attached hydrogens (tertiary/aromatic N) is 3. The summed E-state index contributed by atoms with van der Waals surface area (Å²) in [6.07, 6.45) is 9.95. The minimum absolute atomic E-state index is 0.0736. The van der Waals surface area contributed by atoms with Gasteiger partial charge in [0, 0.05) is 49.6 Å². The molecule has 1 aromatic rings. The van der Waals surface area contributed by atoms with Crippen molar-refractivity contribution in [3.05, 3.63) is 30.1 Å². The van der Waals surface area contributed by atoms with E-state index >= 15 is 0 Å². The van der Waals surface area contributed by atoms with Crippen molar-refractivity contribution >= 4 is 11.8 Å². The lowest BCUT2D eigenvalue weighted by Crippen LogP contribution is -2.49. The summed E-state index contributed by atoms with van der Waals surface area (Å²) in [5.41, 5.74) is 0.694. The zero-order chi connectivity index (χ0) is 16.5. The zero-order valence-electron chi connectivity index (χ0n) is 14.1. The number of rotatable bonds is 2. The molecule has 0 spiro atoms. The second-order valence-corrected chi connectivity index (χ2v) is 7.52. The lowest BCUT2D eigenvalue weighted by Gasteiger charge is -2.37. The van der Waals surface area contributed by atoms with Gasteiger partial charge in [0.25, 0.3) is 5.91 Å². The minimum atomic E-state index is 0.0736. The first-order valence-electron chi connectivity index (χ1n) is 9.22. The molecule has 2 atom stereocenters. The van der Waals surface area contributed by atoms with E-state index in [1.807, 2.05) is 4.90 Å². The summed E-state index contributed by atoms with van der Waals surface area (Å²) in [7, 11) is 0. The first kappa shape index (κ1) is 15.6. The van der Waals surface area contributed by atoms with Crippen LogP contribution >= 0.6 is 0 Å². The summed E-state index contributed by atoms with van der Waals surface area (Å²) in [5.74, 6) is 1.07. The lowest BCUT2D eigenvalue weighted by atomic mass is 9.93. The average Bonchev–Trinajstić information content (AvgIpc) is 3.01. The lowest BCUT2D eigenvalue weighted by molar-refractivity contribution is -0.139. The van der Waals surface area contributed by atoms with E-state index in [1.54, 1.807) is 24.5 Å². The molecule has 4 aliphatic rings. The maximum absolute atomic E-state index is 12.9. The molecule has 128 valence electrons. The van der Waals surface area contributed by atoms with Crippen LogP contribution < -0.4 is 0 Å². The normalized spacial score (nSPS) is 27.3. The molecule has 5 rings (SSSR count). The number of piperidine rings is 1. The van der Waals surface area contributed by atoms with E-state index in [0.717, 1.165) is 38.8 Å². The minimum Gasteiger partial charge on any atom is -0.337 e.